The smallest absolute Gasteiger partial charge is 0.0873 e. The summed E-state index contributed by atoms with van der Waals surface area (Å²) in [6.07, 6.45) is 5.16. The van der Waals surface area contributed by atoms with Crippen molar-refractivity contribution in [1.29, 1.82) is 0 Å². The zero-order valence-electron chi connectivity index (χ0n) is 5.52. The van der Waals surface area contributed by atoms with Crippen LogP contribution in [0.1, 0.15) is 33.6 Å². The molecule has 0 radical (unpaired) electrons. The van der Waals surface area contributed by atoms with Crippen LogP contribution in [0.2, 0.25) is 0 Å². The molecule has 1 nitrogen and oxygen atoms in total. The first kappa shape index (κ1) is 11.4. The second kappa shape index (κ2) is 10.5. The summed E-state index contributed by atoms with van der Waals surface area (Å²) < 4.78 is 4.90. The Hall–Kier alpha value is -0.460. The summed E-state index contributed by atoms with van der Waals surface area (Å²) in [5.74, 6) is 0. The van der Waals surface area contributed by atoms with Crippen molar-refractivity contribution in [3.05, 3.63) is 12.8 Å². The van der Waals surface area contributed by atoms with Gasteiger partial charge < -0.3 is 4.74 Å². The minimum atomic E-state index is 0. The lowest BCUT2D eigenvalue weighted by Gasteiger charge is -1.96. The molecule has 0 aliphatic rings. The third kappa shape index (κ3) is 11.2. The van der Waals surface area contributed by atoms with Crippen molar-refractivity contribution in [2.45, 2.75) is 33.6 Å². The van der Waals surface area contributed by atoms with Crippen molar-refractivity contribution >= 4 is 0 Å². The van der Waals surface area contributed by atoms with Crippen LogP contribution in [0.3, 0.4) is 0 Å². The molecule has 0 saturated heterocycles. The van der Waals surface area contributed by atoms with Gasteiger partial charge >= 0.3 is 0 Å². The van der Waals surface area contributed by atoms with Crippen molar-refractivity contribution in [3.8, 4) is 0 Å². The Morgan fingerprint density at radius 3 is 2.56 bits per heavy atom. The van der Waals surface area contributed by atoms with Crippen LogP contribution < -0.4 is 0 Å². The molecule has 0 N–H and O–H groups in total. The zero-order chi connectivity index (χ0) is 6.24. The first-order valence-electron chi connectivity index (χ1n) is 3.14. The molecule has 0 saturated carbocycles. The van der Waals surface area contributed by atoms with Crippen LogP contribution in [0.15, 0.2) is 12.8 Å². The van der Waals surface area contributed by atoms with Crippen LogP contribution in [-0.2, 0) is 4.74 Å². The Kier molecular flexibility index (Phi) is 13.3. The third-order valence-corrected chi connectivity index (χ3v) is 0.984. The molecule has 0 aliphatic carbocycles. The highest BCUT2D eigenvalue weighted by Gasteiger charge is 1.81. The maximum absolute atomic E-state index is 4.90. The molecule has 0 fully saturated rings. The number of hydrogen-bond acceptors (Lipinski definition) is 1. The first-order valence-corrected chi connectivity index (χ1v) is 3.14. The third-order valence-electron chi connectivity index (χ3n) is 0.984. The van der Waals surface area contributed by atoms with Crippen LogP contribution in [0, 0.1) is 0 Å². The Bertz CT molecular complexity index is 50.5. The molecule has 0 aromatic rings. The number of hydrogen-bond donors (Lipinski definition) is 0. The van der Waals surface area contributed by atoms with Gasteiger partial charge in [-0.25, -0.2) is 0 Å². The minimum Gasteiger partial charge on any atom is -0.502 e. The second-order valence-corrected chi connectivity index (χ2v) is 1.74. The summed E-state index contributed by atoms with van der Waals surface area (Å²) in [4.78, 5) is 0. The van der Waals surface area contributed by atoms with Gasteiger partial charge in [-0.3, -0.25) is 0 Å². The van der Waals surface area contributed by atoms with E-state index < -0.39 is 0 Å². The lowest BCUT2D eigenvalue weighted by atomic mass is 10.3. The van der Waals surface area contributed by atoms with E-state index in [-0.39, 0.29) is 7.43 Å². The van der Waals surface area contributed by atoms with Crippen LogP contribution in [-0.4, -0.2) is 6.61 Å². The Morgan fingerprint density at radius 1 is 1.44 bits per heavy atom. The second-order valence-electron chi connectivity index (χ2n) is 1.74. The minimum absolute atomic E-state index is 0. The van der Waals surface area contributed by atoms with Crippen molar-refractivity contribution < 1.29 is 4.74 Å². The van der Waals surface area contributed by atoms with E-state index in [2.05, 4.69) is 13.5 Å². The molecule has 9 heavy (non-hydrogen) atoms. The summed E-state index contributed by atoms with van der Waals surface area (Å²) in [6, 6.07) is 0. The lowest BCUT2D eigenvalue weighted by molar-refractivity contribution is 0.243. The normalized spacial score (nSPS) is 7.67. The van der Waals surface area contributed by atoms with Crippen molar-refractivity contribution in [3.63, 3.8) is 0 Å². The maximum atomic E-state index is 4.90. The van der Waals surface area contributed by atoms with E-state index >= 15 is 0 Å². The fourth-order valence-corrected chi connectivity index (χ4v) is 0.519. The topological polar surface area (TPSA) is 9.23 Å². The van der Waals surface area contributed by atoms with Gasteiger partial charge in [-0.15, -0.1) is 0 Å². The fourth-order valence-electron chi connectivity index (χ4n) is 0.519. The maximum Gasteiger partial charge on any atom is 0.0873 e. The van der Waals surface area contributed by atoms with Crippen molar-refractivity contribution in [2.24, 2.45) is 0 Å². The molecule has 0 aromatic heterocycles. The molecular formula is C8H18O. The molecule has 0 heterocycles. The van der Waals surface area contributed by atoms with Crippen molar-refractivity contribution in [2.75, 3.05) is 6.61 Å². The van der Waals surface area contributed by atoms with Crippen LogP contribution >= 0.6 is 0 Å². The highest BCUT2D eigenvalue weighted by molar-refractivity contribution is 4.48. The van der Waals surface area contributed by atoms with Gasteiger partial charge in [-0.1, -0.05) is 33.8 Å². The van der Waals surface area contributed by atoms with Crippen LogP contribution in [0.25, 0.3) is 0 Å². The molecule has 0 spiro atoms. The average Bonchev–Trinajstić information content (AvgIpc) is 1.81. The summed E-state index contributed by atoms with van der Waals surface area (Å²) in [5.41, 5.74) is 0. The molecule has 0 atom stereocenters. The number of rotatable bonds is 5. The number of unbranched alkanes of at least 4 members (excludes halogenated alkanes) is 2. The predicted octanol–water partition coefficient (Wildman–Crippen LogP) is 2.97. The van der Waals surface area contributed by atoms with Gasteiger partial charge in [0.05, 0.1) is 12.9 Å². The summed E-state index contributed by atoms with van der Waals surface area (Å²) in [6.45, 7) is 6.44. The summed E-state index contributed by atoms with van der Waals surface area (Å²) in [5, 5.41) is 0. The average molecular weight is 130 g/mol. The molecule has 0 aliphatic heterocycles. The van der Waals surface area contributed by atoms with Gasteiger partial charge in [-0.05, 0) is 6.42 Å². The summed E-state index contributed by atoms with van der Waals surface area (Å²) in [7, 11) is 0. The van der Waals surface area contributed by atoms with Gasteiger partial charge in [0.25, 0.3) is 0 Å². The Balaban J connectivity index is 0. The van der Waals surface area contributed by atoms with Gasteiger partial charge in [0.15, 0.2) is 0 Å². The van der Waals surface area contributed by atoms with Crippen LogP contribution in [0.5, 0.6) is 0 Å². The first-order chi connectivity index (χ1) is 3.91. The van der Waals surface area contributed by atoms with E-state index in [1.807, 2.05) is 0 Å². The quantitative estimate of drug-likeness (QED) is 0.410. The molecule has 1 heteroatoms. The van der Waals surface area contributed by atoms with E-state index in [1.165, 1.54) is 19.1 Å². The van der Waals surface area contributed by atoms with E-state index in [0.29, 0.717) is 0 Å². The van der Waals surface area contributed by atoms with E-state index in [1.54, 1.807) is 0 Å². The highest BCUT2D eigenvalue weighted by atomic mass is 16.5. The van der Waals surface area contributed by atoms with Gasteiger partial charge in [0.1, 0.15) is 0 Å². The molecular weight excluding hydrogens is 112 g/mol. The van der Waals surface area contributed by atoms with E-state index in [0.717, 1.165) is 13.0 Å². The SMILES string of the molecule is C.C=COCCCCC. The van der Waals surface area contributed by atoms with Gasteiger partial charge in [0.2, 0.25) is 0 Å². The predicted molar refractivity (Wildman–Crippen MR) is 42.4 cm³/mol. The largest absolute Gasteiger partial charge is 0.502 e. The fraction of sp³-hybridized carbons (Fsp3) is 0.750. The monoisotopic (exact) mass is 130 g/mol. The molecule has 0 amide bonds. The lowest BCUT2D eigenvalue weighted by Crippen LogP contribution is -1.84. The molecule has 0 rings (SSSR count). The van der Waals surface area contributed by atoms with Gasteiger partial charge in [-0.2, -0.15) is 0 Å². The van der Waals surface area contributed by atoms with Crippen molar-refractivity contribution in [1.82, 2.24) is 0 Å². The molecule has 56 valence electrons. The zero-order valence-corrected chi connectivity index (χ0v) is 5.52. The Labute approximate surface area is 58.7 Å². The molecule has 0 aromatic carbocycles. The molecule has 0 bridgehead atoms. The highest BCUT2D eigenvalue weighted by Crippen LogP contribution is 1.93. The van der Waals surface area contributed by atoms with E-state index in [9.17, 15) is 0 Å². The standard InChI is InChI=1S/C7H14O.CH4/c1-3-5-6-7-8-4-2;/h4H,2-3,5-7H2,1H3;1H4. The molecule has 0 unspecified atom stereocenters. The number of ether oxygens (including phenoxy) is 1. The van der Waals surface area contributed by atoms with Crippen LogP contribution in [0.4, 0.5) is 0 Å². The Morgan fingerprint density at radius 2 is 2.11 bits per heavy atom. The van der Waals surface area contributed by atoms with E-state index in [4.69, 9.17) is 4.74 Å². The summed E-state index contributed by atoms with van der Waals surface area (Å²) >= 11 is 0. The van der Waals surface area contributed by atoms with Gasteiger partial charge in [0, 0.05) is 0 Å².